The third-order valence-electron chi connectivity index (χ3n) is 8.04. The van der Waals surface area contributed by atoms with Crippen LogP contribution in [0.4, 0.5) is 0 Å². The number of ether oxygens (including phenoxy) is 2. The lowest BCUT2D eigenvalue weighted by Crippen LogP contribution is -2.86. The van der Waals surface area contributed by atoms with Gasteiger partial charge in [0.05, 0.1) is 11.7 Å². The van der Waals surface area contributed by atoms with Crippen LogP contribution in [0, 0.1) is 16.7 Å². The molecule has 3 fully saturated rings. The van der Waals surface area contributed by atoms with E-state index < -0.39 is 63.6 Å². The van der Waals surface area contributed by atoms with Crippen LogP contribution < -0.4 is 0 Å². The molecule has 0 aromatic heterocycles. The summed E-state index contributed by atoms with van der Waals surface area (Å²) in [5.74, 6) is -1.77. The summed E-state index contributed by atoms with van der Waals surface area (Å²) in [6.07, 6.45) is -1.30. The van der Waals surface area contributed by atoms with Crippen molar-refractivity contribution in [1.82, 2.24) is 0 Å². The molecule has 1 aliphatic heterocycles. The minimum absolute atomic E-state index is 0.136. The van der Waals surface area contributed by atoms with Gasteiger partial charge in [0.15, 0.2) is 11.4 Å². The summed E-state index contributed by atoms with van der Waals surface area (Å²) in [7, 11) is 0. The lowest BCUT2D eigenvalue weighted by molar-refractivity contribution is -0.370. The van der Waals surface area contributed by atoms with Crippen LogP contribution in [-0.2, 0) is 19.1 Å². The summed E-state index contributed by atoms with van der Waals surface area (Å²) in [6.45, 7) is 13.6. The third kappa shape index (κ3) is 2.63. The normalized spacial score (nSPS) is 51.6. The van der Waals surface area contributed by atoms with Crippen molar-refractivity contribution >= 4 is 11.8 Å². The quantitative estimate of drug-likeness (QED) is 0.467. The molecular weight excluding hydrogens is 376 g/mol. The van der Waals surface area contributed by atoms with E-state index in [9.17, 15) is 24.9 Å². The number of carbonyl (C=O) groups is 2. The second kappa shape index (κ2) is 6.36. The molecule has 3 unspecified atom stereocenters. The molecule has 3 aliphatic rings. The number of carbonyl (C=O) groups excluding carboxylic acids is 2. The van der Waals surface area contributed by atoms with Crippen LogP contribution in [0.2, 0.25) is 0 Å². The largest absolute Gasteiger partial charge is 0.459 e. The van der Waals surface area contributed by atoms with E-state index in [1.54, 1.807) is 13.8 Å². The van der Waals surface area contributed by atoms with Gasteiger partial charge in [-0.1, -0.05) is 26.8 Å². The zero-order valence-corrected chi connectivity index (χ0v) is 18.2. The van der Waals surface area contributed by atoms with E-state index in [4.69, 9.17) is 9.47 Å². The van der Waals surface area contributed by atoms with Crippen molar-refractivity contribution in [3.8, 4) is 0 Å². The van der Waals surface area contributed by atoms with Gasteiger partial charge in [-0.05, 0) is 32.1 Å². The minimum Gasteiger partial charge on any atom is -0.459 e. The SMILES string of the molecule is C=C[C@@]1(C)CC(=O)[C@]2(O)C3(C)[C@@H](O)CCC(C)(C)[C@@H]3C(OC(C)=O)C(O)[C@@]2(C)O1. The van der Waals surface area contributed by atoms with E-state index in [-0.39, 0.29) is 6.42 Å². The molecule has 0 bridgehead atoms. The van der Waals surface area contributed by atoms with Crippen molar-refractivity contribution in [2.75, 3.05) is 0 Å². The highest BCUT2D eigenvalue weighted by molar-refractivity contribution is 5.92. The predicted molar refractivity (Wildman–Crippen MR) is 105 cm³/mol. The van der Waals surface area contributed by atoms with Crippen LogP contribution in [0.5, 0.6) is 0 Å². The lowest BCUT2D eigenvalue weighted by Gasteiger charge is -2.71. The molecule has 8 atom stereocenters. The molecule has 0 aromatic carbocycles. The molecule has 2 aliphatic carbocycles. The summed E-state index contributed by atoms with van der Waals surface area (Å²) in [5.41, 5.74) is -7.03. The van der Waals surface area contributed by atoms with Crippen molar-refractivity contribution in [3.05, 3.63) is 12.7 Å². The average molecular weight is 411 g/mol. The van der Waals surface area contributed by atoms with E-state index in [0.29, 0.717) is 12.8 Å². The minimum atomic E-state index is -2.18. The monoisotopic (exact) mass is 410 g/mol. The molecule has 0 radical (unpaired) electrons. The molecule has 29 heavy (non-hydrogen) atoms. The molecule has 3 rings (SSSR count). The van der Waals surface area contributed by atoms with Gasteiger partial charge in [0.25, 0.3) is 0 Å². The maximum atomic E-state index is 13.5. The third-order valence-corrected chi connectivity index (χ3v) is 8.04. The molecule has 2 saturated carbocycles. The first-order valence-corrected chi connectivity index (χ1v) is 10.2. The molecular formula is C22H34O7. The van der Waals surface area contributed by atoms with Crippen LogP contribution >= 0.6 is 0 Å². The fourth-order valence-electron chi connectivity index (χ4n) is 6.60. The molecule has 0 spiro atoms. The average Bonchev–Trinajstić information content (AvgIpc) is 2.60. The van der Waals surface area contributed by atoms with Gasteiger partial charge in [-0.15, -0.1) is 6.58 Å². The van der Waals surface area contributed by atoms with Crippen molar-refractivity contribution in [3.63, 3.8) is 0 Å². The summed E-state index contributed by atoms with van der Waals surface area (Å²) in [5, 5.41) is 34.6. The van der Waals surface area contributed by atoms with Gasteiger partial charge >= 0.3 is 5.97 Å². The topological polar surface area (TPSA) is 113 Å². The van der Waals surface area contributed by atoms with Crippen LogP contribution in [-0.4, -0.2) is 62.2 Å². The van der Waals surface area contributed by atoms with Crippen LogP contribution in [0.15, 0.2) is 12.7 Å². The van der Waals surface area contributed by atoms with Gasteiger partial charge in [-0.2, -0.15) is 0 Å². The second-order valence-corrected chi connectivity index (χ2v) is 10.4. The smallest absolute Gasteiger partial charge is 0.303 e. The summed E-state index contributed by atoms with van der Waals surface area (Å²) in [4.78, 5) is 25.5. The zero-order valence-electron chi connectivity index (χ0n) is 18.2. The zero-order chi connectivity index (χ0) is 22.2. The molecule has 0 amide bonds. The number of fused-ring (bicyclic) bond motifs is 3. The van der Waals surface area contributed by atoms with Crippen molar-refractivity contribution in [1.29, 1.82) is 0 Å². The first-order valence-electron chi connectivity index (χ1n) is 10.2. The van der Waals surface area contributed by atoms with Crippen molar-refractivity contribution < 1.29 is 34.4 Å². The number of hydrogen-bond donors (Lipinski definition) is 3. The summed E-state index contributed by atoms with van der Waals surface area (Å²) >= 11 is 0. The number of ketones is 1. The van der Waals surface area contributed by atoms with Gasteiger partial charge in [-0.25, -0.2) is 0 Å². The first kappa shape index (κ1) is 22.4. The Balaban J connectivity index is 2.32. The van der Waals surface area contributed by atoms with Gasteiger partial charge in [0.1, 0.15) is 17.8 Å². The van der Waals surface area contributed by atoms with Gasteiger partial charge in [0.2, 0.25) is 0 Å². The standard InChI is InChI=1S/C22H34O7/c1-8-19(5)11-14(25)22(27)20(6)13(24)9-10-18(3,4)16(20)15(28-12(2)23)17(26)21(22,7)29-19/h8,13,15-17,24,26-27H,1,9-11H2,2-7H3/t13-,15?,16-,17?,19-,20?,21+,22-/m0/s1. The van der Waals surface area contributed by atoms with E-state index in [2.05, 4.69) is 6.58 Å². The maximum absolute atomic E-state index is 13.5. The molecule has 7 heteroatoms. The molecule has 164 valence electrons. The maximum Gasteiger partial charge on any atom is 0.303 e. The Morgan fingerprint density at radius 3 is 2.34 bits per heavy atom. The lowest BCUT2D eigenvalue weighted by atomic mass is 9.40. The van der Waals surface area contributed by atoms with Gasteiger partial charge < -0.3 is 24.8 Å². The molecule has 1 heterocycles. The highest BCUT2D eigenvalue weighted by Crippen LogP contribution is 2.67. The number of hydrogen-bond acceptors (Lipinski definition) is 7. The Kier molecular flexibility index (Phi) is 4.91. The van der Waals surface area contributed by atoms with Crippen LogP contribution in [0.1, 0.15) is 60.8 Å². The summed E-state index contributed by atoms with van der Waals surface area (Å²) in [6, 6.07) is 0. The van der Waals surface area contributed by atoms with Gasteiger partial charge in [0, 0.05) is 24.7 Å². The van der Waals surface area contributed by atoms with E-state index in [0.717, 1.165) is 0 Å². The highest BCUT2D eigenvalue weighted by Gasteiger charge is 2.81. The van der Waals surface area contributed by atoms with Crippen molar-refractivity contribution in [2.24, 2.45) is 16.7 Å². The molecule has 0 aromatic rings. The van der Waals surface area contributed by atoms with Gasteiger partial charge in [-0.3, -0.25) is 9.59 Å². The van der Waals surface area contributed by atoms with E-state index in [1.165, 1.54) is 19.9 Å². The Hall–Kier alpha value is -1.28. The van der Waals surface area contributed by atoms with E-state index in [1.807, 2.05) is 13.8 Å². The fraction of sp³-hybridized carbons (Fsp3) is 0.818. The van der Waals surface area contributed by atoms with E-state index >= 15 is 0 Å². The van der Waals surface area contributed by atoms with Crippen molar-refractivity contribution in [2.45, 2.75) is 95.9 Å². The van der Waals surface area contributed by atoms with Crippen LogP contribution in [0.25, 0.3) is 0 Å². The Morgan fingerprint density at radius 2 is 1.83 bits per heavy atom. The molecule has 3 N–H and O–H groups in total. The van der Waals surface area contributed by atoms with Crippen LogP contribution in [0.3, 0.4) is 0 Å². The first-order chi connectivity index (χ1) is 13.1. The number of Topliss-reactive ketones (excluding diaryl/α,β-unsaturated/α-hetero) is 1. The fourth-order valence-corrected chi connectivity index (χ4v) is 6.60. The Morgan fingerprint density at radius 1 is 1.24 bits per heavy atom. The molecule has 7 nitrogen and oxygen atoms in total. The summed E-state index contributed by atoms with van der Waals surface area (Å²) < 4.78 is 11.8. The predicted octanol–water partition coefficient (Wildman–Crippen LogP) is 1.52. The number of aliphatic hydroxyl groups excluding tert-OH is 2. The number of rotatable bonds is 2. The Bertz CT molecular complexity index is 747. The Labute approximate surface area is 172 Å². The number of aliphatic hydroxyl groups is 3. The second-order valence-electron chi connectivity index (χ2n) is 10.4. The highest BCUT2D eigenvalue weighted by atomic mass is 16.6. The molecule has 1 saturated heterocycles. The number of esters is 1.